The molecule has 0 saturated carbocycles. The van der Waals surface area contributed by atoms with Crippen LogP contribution in [0.4, 0.5) is 0 Å². The van der Waals surface area contributed by atoms with Crippen LogP contribution in [-0.2, 0) is 29.7 Å². The van der Waals surface area contributed by atoms with Crippen molar-refractivity contribution in [1.82, 2.24) is 0 Å². The monoisotopic (exact) mass is 469 g/mol. The Balaban J connectivity index is 0.00000261. The molecular weight excluding hydrogens is 446 g/mol. The maximum Gasteiger partial charge on any atom is 0.348 e. The Hall–Kier alpha value is -1.78. The van der Waals surface area contributed by atoms with Crippen molar-refractivity contribution in [2.24, 2.45) is 0 Å². The summed E-state index contributed by atoms with van der Waals surface area (Å²) < 4.78 is 6.31. The summed E-state index contributed by atoms with van der Waals surface area (Å²) in [6, 6.07) is 24.7. The molecular formula is C23H24O2PPd+. The summed E-state index contributed by atoms with van der Waals surface area (Å²) in [5.41, 5.74) is 3.40. The van der Waals surface area contributed by atoms with Crippen molar-refractivity contribution in [1.29, 1.82) is 0 Å². The molecule has 0 aromatic heterocycles. The zero-order valence-electron chi connectivity index (χ0n) is 16.0. The number of benzene rings is 3. The number of carbonyl (C=O) groups is 1. The second-order valence-electron chi connectivity index (χ2n) is 6.55. The predicted molar refractivity (Wildman–Crippen MR) is 111 cm³/mol. The van der Waals surface area contributed by atoms with E-state index in [-0.39, 0.29) is 26.4 Å². The summed E-state index contributed by atoms with van der Waals surface area (Å²) >= 11 is 0. The van der Waals surface area contributed by atoms with Gasteiger partial charge < -0.3 is 0 Å². The van der Waals surface area contributed by atoms with Gasteiger partial charge in [0.1, 0.15) is 15.9 Å². The molecule has 0 unspecified atom stereocenters. The molecule has 3 rings (SSSR count). The van der Waals surface area contributed by atoms with Crippen LogP contribution in [0.15, 0.2) is 72.8 Å². The molecule has 0 aliphatic heterocycles. The predicted octanol–water partition coefficient (Wildman–Crippen LogP) is 4.38. The van der Waals surface area contributed by atoms with Gasteiger partial charge in [-0.15, -0.1) is 0 Å². The molecule has 0 aliphatic rings. The quantitative estimate of drug-likeness (QED) is 0.419. The van der Waals surface area contributed by atoms with Gasteiger partial charge in [0.2, 0.25) is 0 Å². The molecule has 4 heteroatoms. The van der Waals surface area contributed by atoms with E-state index in [0.29, 0.717) is 0 Å². The van der Waals surface area contributed by atoms with Crippen molar-refractivity contribution in [3.63, 3.8) is 0 Å². The number of aryl methyl sites for hydroxylation is 3. The number of hydrogen-bond donors (Lipinski definition) is 0. The molecule has 0 atom stereocenters. The van der Waals surface area contributed by atoms with Crippen molar-refractivity contribution < 1.29 is 29.7 Å². The molecule has 27 heavy (non-hydrogen) atoms. The van der Waals surface area contributed by atoms with Crippen molar-refractivity contribution in [2.75, 3.05) is 0 Å². The minimum atomic E-state index is -2.57. The Bertz CT molecular complexity index is 841. The van der Waals surface area contributed by atoms with Crippen molar-refractivity contribution in [3.8, 4) is 0 Å². The molecule has 0 fully saturated rings. The van der Waals surface area contributed by atoms with Crippen LogP contribution >= 0.6 is 7.49 Å². The van der Waals surface area contributed by atoms with Crippen LogP contribution < -0.4 is 15.9 Å². The van der Waals surface area contributed by atoms with Gasteiger partial charge in [-0.1, -0.05) is 54.6 Å². The first-order valence-corrected chi connectivity index (χ1v) is 10.5. The normalized spacial score (nSPS) is 10.8. The number of carbonyl (C=O) groups excluding carboxylic acids is 1. The summed E-state index contributed by atoms with van der Waals surface area (Å²) in [5.74, 6) is -0.256. The van der Waals surface area contributed by atoms with E-state index in [9.17, 15) is 4.79 Å². The van der Waals surface area contributed by atoms with E-state index in [0.717, 1.165) is 32.6 Å². The van der Waals surface area contributed by atoms with Gasteiger partial charge >= 0.3 is 5.97 Å². The van der Waals surface area contributed by atoms with Gasteiger partial charge in [0.15, 0.2) is 0 Å². The van der Waals surface area contributed by atoms with Gasteiger partial charge in [-0.2, -0.15) is 0 Å². The van der Waals surface area contributed by atoms with Gasteiger partial charge in [0.05, 0.1) is 0 Å². The molecule has 142 valence electrons. The Labute approximate surface area is 176 Å². The average Bonchev–Trinajstić information content (AvgIpc) is 2.61. The second kappa shape index (κ2) is 8.94. The van der Waals surface area contributed by atoms with E-state index in [4.69, 9.17) is 4.52 Å². The van der Waals surface area contributed by atoms with Crippen molar-refractivity contribution in [2.45, 2.75) is 27.7 Å². The Kier molecular flexibility index (Phi) is 7.13. The third-order valence-electron chi connectivity index (χ3n) is 4.63. The van der Waals surface area contributed by atoms with E-state index in [1.807, 2.05) is 36.4 Å². The van der Waals surface area contributed by atoms with Crippen LogP contribution in [-0.4, -0.2) is 5.97 Å². The second-order valence-corrected chi connectivity index (χ2v) is 9.40. The first-order valence-electron chi connectivity index (χ1n) is 8.74. The summed E-state index contributed by atoms with van der Waals surface area (Å²) in [5, 5.41) is 3.29. The Morgan fingerprint density at radius 3 is 1.22 bits per heavy atom. The van der Waals surface area contributed by atoms with Crippen molar-refractivity contribution >= 4 is 29.4 Å². The number of rotatable bonds is 4. The maximum absolute atomic E-state index is 12.3. The SMILES string of the molecule is CC(=O)O[P+](c1ccccc1C)(c1ccccc1C)c1ccccc1C.[Pd]. The van der Waals surface area contributed by atoms with E-state index >= 15 is 0 Å². The van der Waals surface area contributed by atoms with Crippen LogP contribution in [0.3, 0.4) is 0 Å². The van der Waals surface area contributed by atoms with Crippen LogP contribution in [0.1, 0.15) is 23.6 Å². The largest absolute Gasteiger partial charge is 0.348 e. The Morgan fingerprint density at radius 1 is 0.667 bits per heavy atom. The third kappa shape index (κ3) is 4.07. The molecule has 0 saturated heterocycles. The van der Waals surface area contributed by atoms with E-state index in [1.54, 1.807) is 0 Å². The summed E-state index contributed by atoms with van der Waals surface area (Å²) in [6.45, 7) is 7.77. The standard InChI is InChI=1S/C23H24O2P.Pd/c1-17-11-5-8-14-21(17)26(25-20(4)24,22-15-9-6-12-18(22)2)23-16-10-7-13-19(23)3;/h5-16H,1-4H3;/q+1;. The van der Waals surface area contributed by atoms with Crippen molar-refractivity contribution in [3.05, 3.63) is 89.5 Å². The van der Waals surface area contributed by atoms with Gasteiger partial charge in [0, 0.05) is 27.3 Å². The summed E-state index contributed by atoms with van der Waals surface area (Å²) in [6.07, 6.45) is 0. The van der Waals surface area contributed by atoms with Crippen LogP contribution in [0, 0.1) is 20.8 Å². The molecule has 0 radical (unpaired) electrons. The minimum Gasteiger partial charge on any atom is -0.297 e. The fourth-order valence-corrected chi connectivity index (χ4v) is 7.54. The van der Waals surface area contributed by atoms with Crippen LogP contribution in [0.2, 0.25) is 0 Å². The number of hydrogen-bond acceptors (Lipinski definition) is 2. The van der Waals surface area contributed by atoms with Crippen LogP contribution in [0.25, 0.3) is 0 Å². The fraction of sp³-hybridized carbons (Fsp3) is 0.174. The third-order valence-corrected chi connectivity index (χ3v) is 8.70. The molecule has 0 spiro atoms. The topological polar surface area (TPSA) is 26.3 Å². The first-order chi connectivity index (χ1) is 12.5. The fourth-order valence-electron chi connectivity index (χ4n) is 3.48. The minimum absolute atomic E-state index is 0. The van der Waals surface area contributed by atoms with E-state index in [1.165, 1.54) is 6.92 Å². The average molecular weight is 470 g/mol. The molecule has 0 heterocycles. The van der Waals surface area contributed by atoms with E-state index < -0.39 is 7.49 Å². The van der Waals surface area contributed by atoms with Gasteiger partial charge in [-0.3, -0.25) is 4.52 Å². The smallest absolute Gasteiger partial charge is 0.297 e. The molecule has 0 N–H and O–H groups in total. The Morgan fingerprint density at radius 2 is 0.963 bits per heavy atom. The zero-order chi connectivity index (χ0) is 18.7. The molecule has 3 aromatic carbocycles. The van der Waals surface area contributed by atoms with Gasteiger partial charge in [0.25, 0.3) is 7.49 Å². The molecule has 2 nitrogen and oxygen atoms in total. The van der Waals surface area contributed by atoms with E-state index in [2.05, 4.69) is 57.2 Å². The van der Waals surface area contributed by atoms with Gasteiger partial charge in [-0.05, 0) is 55.7 Å². The first kappa shape index (κ1) is 21.5. The molecule has 0 amide bonds. The van der Waals surface area contributed by atoms with Gasteiger partial charge in [-0.25, -0.2) is 4.79 Å². The maximum atomic E-state index is 12.3. The zero-order valence-corrected chi connectivity index (χ0v) is 18.5. The molecule has 0 bridgehead atoms. The summed E-state index contributed by atoms with van der Waals surface area (Å²) in [7, 11) is -2.57. The molecule has 3 aromatic rings. The van der Waals surface area contributed by atoms with Crippen LogP contribution in [0.5, 0.6) is 0 Å². The summed E-state index contributed by atoms with van der Waals surface area (Å²) in [4.78, 5) is 12.3. The molecule has 0 aliphatic carbocycles.